The molecule has 0 aliphatic carbocycles. The van der Waals surface area contributed by atoms with Crippen LogP contribution in [0.3, 0.4) is 0 Å². The number of anilines is 2. The van der Waals surface area contributed by atoms with Gasteiger partial charge in [-0.3, -0.25) is 14.4 Å². The second-order valence-corrected chi connectivity index (χ2v) is 9.18. The first-order valence-corrected chi connectivity index (χ1v) is 13.0. The number of methoxy groups -OCH3 is 1. The maximum Gasteiger partial charge on any atom is 0.266 e. The molecular formula is C30H32N2O6. The van der Waals surface area contributed by atoms with Gasteiger partial charge in [-0.05, 0) is 55.3 Å². The summed E-state index contributed by atoms with van der Waals surface area (Å²) in [5.41, 5.74) is 1.94. The van der Waals surface area contributed by atoms with E-state index in [0.717, 1.165) is 24.1 Å². The zero-order valence-corrected chi connectivity index (χ0v) is 21.8. The molecule has 2 fully saturated rings. The number of nitrogens with zero attached hydrogens (tertiary/aromatic N) is 2. The van der Waals surface area contributed by atoms with Gasteiger partial charge in [0.15, 0.2) is 17.6 Å². The number of hydroxylamine groups is 1. The minimum Gasteiger partial charge on any atom is -0.495 e. The first-order valence-electron chi connectivity index (χ1n) is 13.0. The zero-order valence-electron chi connectivity index (χ0n) is 21.8. The molecule has 2 aliphatic rings. The third-order valence-corrected chi connectivity index (χ3v) is 6.82. The SMILES string of the molecule is CCCCOc1ccc([C@H]2[C@@H]3C(=O)N(c4ccccc4OC)C(=O)[C@H]3ON2c2ccccc2)cc1OCC. The van der Waals surface area contributed by atoms with Gasteiger partial charge in [-0.2, -0.15) is 0 Å². The quantitative estimate of drug-likeness (QED) is 0.266. The molecule has 2 heterocycles. The van der Waals surface area contributed by atoms with Crippen molar-refractivity contribution in [1.29, 1.82) is 0 Å². The number of imide groups is 1. The van der Waals surface area contributed by atoms with Gasteiger partial charge in [0.2, 0.25) is 5.91 Å². The predicted octanol–water partition coefficient (Wildman–Crippen LogP) is 5.32. The molecule has 38 heavy (non-hydrogen) atoms. The summed E-state index contributed by atoms with van der Waals surface area (Å²) in [6, 6.07) is 21.6. The van der Waals surface area contributed by atoms with Crippen molar-refractivity contribution in [3.8, 4) is 17.2 Å². The Kier molecular flexibility index (Phi) is 7.51. The van der Waals surface area contributed by atoms with E-state index in [1.54, 1.807) is 29.3 Å². The zero-order chi connectivity index (χ0) is 26.6. The lowest BCUT2D eigenvalue weighted by molar-refractivity contribution is -0.126. The summed E-state index contributed by atoms with van der Waals surface area (Å²) in [6.45, 7) is 5.07. The van der Waals surface area contributed by atoms with Crippen molar-refractivity contribution in [3.63, 3.8) is 0 Å². The average Bonchev–Trinajstić information content (AvgIpc) is 3.45. The minimum absolute atomic E-state index is 0.339. The molecule has 0 unspecified atom stereocenters. The molecule has 5 rings (SSSR count). The Labute approximate surface area is 222 Å². The highest BCUT2D eigenvalue weighted by atomic mass is 16.7. The Morgan fingerprint density at radius 2 is 1.61 bits per heavy atom. The van der Waals surface area contributed by atoms with Crippen LogP contribution in [-0.2, 0) is 14.4 Å². The number of rotatable bonds is 10. The van der Waals surface area contributed by atoms with Gasteiger partial charge in [-0.1, -0.05) is 49.7 Å². The summed E-state index contributed by atoms with van der Waals surface area (Å²) in [4.78, 5) is 35.1. The number of unbranched alkanes of at least 4 members (excludes halogenated alkanes) is 1. The number of amides is 2. The van der Waals surface area contributed by atoms with E-state index in [-0.39, 0.29) is 5.91 Å². The van der Waals surface area contributed by atoms with Gasteiger partial charge in [0.25, 0.3) is 5.91 Å². The van der Waals surface area contributed by atoms with E-state index in [1.807, 2.05) is 55.5 Å². The summed E-state index contributed by atoms with van der Waals surface area (Å²) in [7, 11) is 1.51. The Balaban J connectivity index is 1.56. The fourth-order valence-corrected chi connectivity index (χ4v) is 5.03. The third kappa shape index (κ3) is 4.56. The Bertz CT molecular complexity index is 1300. The van der Waals surface area contributed by atoms with Crippen molar-refractivity contribution in [3.05, 3.63) is 78.4 Å². The molecule has 0 spiro atoms. The number of hydrogen-bond acceptors (Lipinski definition) is 7. The van der Waals surface area contributed by atoms with Crippen LogP contribution in [-0.4, -0.2) is 38.2 Å². The van der Waals surface area contributed by atoms with Crippen LogP contribution in [0.1, 0.15) is 38.3 Å². The molecule has 0 N–H and O–H groups in total. The van der Waals surface area contributed by atoms with Gasteiger partial charge >= 0.3 is 0 Å². The Morgan fingerprint density at radius 1 is 0.842 bits per heavy atom. The van der Waals surface area contributed by atoms with Gasteiger partial charge in [0, 0.05) is 0 Å². The van der Waals surface area contributed by atoms with E-state index in [0.29, 0.717) is 36.1 Å². The van der Waals surface area contributed by atoms with Crippen LogP contribution in [0.5, 0.6) is 17.2 Å². The molecule has 2 aliphatic heterocycles. The van der Waals surface area contributed by atoms with E-state index in [2.05, 4.69) is 6.92 Å². The molecule has 0 saturated carbocycles. The van der Waals surface area contributed by atoms with Crippen LogP contribution in [0, 0.1) is 5.92 Å². The van der Waals surface area contributed by atoms with Crippen LogP contribution in [0.15, 0.2) is 72.8 Å². The molecule has 3 aromatic carbocycles. The molecule has 0 radical (unpaired) electrons. The number of ether oxygens (including phenoxy) is 3. The number of para-hydroxylation sites is 3. The summed E-state index contributed by atoms with van der Waals surface area (Å²) in [5.74, 6) is 0.157. The lowest BCUT2D eigenvalue weighted by Crippen LogP contribution is -2.37. The van der Waals surface area contributed by atoms with E-state index in [4.69, 9.17) is 19.0 Å². The summed E-state index contributed by atoms with van der Waals surface area (Å²) >= 11 is 0. The van der Waals surface area contributed by atoms with Gasteiger partial charge in [0.05, 0.1) is 37.7 Å². The number of carbonyl (C=O) groups is 2. The predicted molar refractivity (Wildman–Crippen MR) is 144 cm³/mol. The topological polar surface area (TPSA) is 77.5 Å². The third-order valence-electron chi connectivity index (χ3n) is 6.82. The maximum atomic E-state index is 14.0. The first kappa shape index (κ1) is 25.6. The van der Waals surface area contributed by atoms with Crippen LogP contribution in [0.2, 0.25) is 0 Å². The lowest BCUT2D eigenvalue weighted by Gasteiger charge is -2.29. The van der Waals surface area contributed by atoms with Crippen molar-refractivity contribution >= 4 is 23.2 Å². The molecule has 2 saturated heterocycles. The molecule has 3 atom stereocenters. The van der Waals surface area contributed by atoms with E-state index in [9.17, 15) is 9.59 Å². The highest BCUT2D eigenvalue weighted by molar-refractivity contribution is 6.24. The number of benzene rings is 3. The van der Waals surface area contributed by atoms with Crippen molar-refractivity contribution in [1.82, 2.24) is 0 Å². The molecule has 8 heteroatoms. The second-order valence-electron chi connectivity index (χ2n) is 9.18. The standard InChI is InChI=1S/C30H32N2O6/c1-4-6-18-37-24-17-16-20(19-25(24)36-5-2)27-26-28(38-32(27)21-12-8-7-9-13-21)30(34)31(29(26)33)22-14-10-11-15-23(22)35-3/h7-17,19,26-28H,4-6,18H2,1-3H3/t26-,27-,28-/m0/s1. The van der Waals surface area contributed by atoms with Gasteiger partial charge in [-0.25, -0.2) is 9.96 Å². The Morgan fingerprint density at radius 3 is 2.34 bits per heavy atom. The normalized spacial score (nSPS) is 20.6. The molecule has 8 nitrogen and oxygen atoms in total. The minimum atomic E-state index is -0.978. The van der Waals surface area contributed by atoms with Crippen LogP contribution >= 0.6 is 0 Å². The first-order chi connectivity index (χ1) is 18.6. The van der Waals surface area contributed by atoms with Crippen LogP contribution in [0.4, 0.5) is 11.4 Å². The van der Waals surface area contributed by atoms with E-state index >= 15 is 0 Å². The molecule has 3 aromatic rings. The van der Waals surface area contributed by atoms with Gasteiger partial charge in [-0.15, -0.1) is 0 Å². The second kappa shape index (κ2) is 11.1. The Hall–Kier alpha value is -4.04. The summed E-state index contributed by atoms with van der Waals surface area (Å²) in [5, 5.41) is 1.67. The van der Waals surface area contributed by atoms with Crippen molar-refractivity contribution < 1.29 is 28.6 Å². The van der Waals surface area contributed by atoms with Crippen LogP contribution < -0.4 is 24.2 Å². The summed E-state index contributed by atoms with van der Waals surface area (Å²) in [6.07, 6.45) is 0.980. The molecule has 0 aromatic heterocycles. The number of carbonyl (C=O) groups excluding carboxylic acids is 2. The van der Waals surface area contributed by atoms with Crippen molar-refractivity contribution in [2.24, 2.45) is 5.92 Å². The highest BCUT2D eigenvalue weighted by Crippen LogP contribution is 2.49. The molecule has 2 amide bonds. The number of fused-ring (bicyclic) bond motifs is 1. The molecular weight excluding hydrogens is 484 g/mol. The average molecular weight is 517 g/mol. The molecule has 198 valence electrons. The van der Waals surface area contributed by atoms with Crippen molar-refractivity contribution in [2.75, 3.05) is 30.3 Å². The van der Waals surface area contributed by atoms with Crippen LogP contribution in [0.25, 0.3) is 0 Å². The fourth-order valence-electron chi connectivity index (χ4n) is 5.03. The summed E-state index contributed by atoms with van der Waals surface area (Å²) < 4.78 is 17.3. The monoisotopic (exact) mass is 516 g/mol. The maximum absolute atomic E-state index is 14.0. The fraction of sp³-hybridized carbons (Fsp3) is 0.333. The number of hydrogen-bond donors (Lipinski definition) is 0. The lowest BCUT2D eigenvalue weighted by atomic mass is 9.90. The molecule has 0 bridgehead atoms. The van der Waals surface area contributed by atoms with Gasteiger partial charge < -0.3 is 14.2 Å². The van der Waals surface area contributed by atoms with E-state index in [1.165, 1.54) is 12.0 Å². The van der Waals surface area contributed by atoms with E-state index < -0.39 is 24.0 Å². The highest BCUT2D eigenvalue weighted by Gasteiger charge is 2.60. The van der Waals surface area contributed by atoms with Crippen molar-refractivity contribution in [2.45, 2.75) is 38.8 Å². The largest absolute Gasteiger partial charge is 0.495 e. The smallest absolute Gasteiger partial charge is 0.266 e. The van der Waals surface area contributed by atoms with Gasteiger partial charge in [0.1, 0.15) is 11.7 Å².